The molecule has 3 N–H and O–H groups in total. The van der Waals surface area contributed by atoms with Gasteiger partial charge in [-0.25, -0.2) is 0 Å². The van der Waals surface area contributed by atoms with E-state index in [4.69, 9.17) is 5.73 Å². The third-order valence-electron chi connectivity index (χ3n) is 2.57. The molecule has 0 spiro atoms. The Morgan fingerprint density at radius 3 is 2.44 bits per heavy atom. The number of nitrogens with two attached hydrogens (primary N) is 1. The van der Waals surface area contributed by atoms with Crippen LogP contribution in [0, 0.1) is 5.41 Å². The first kappa shape index (κ1) is 15.3. The van der Waals surface area contributed by atoms with Crippen LogP contribution in [-0.4, -0.2) is 18.5 Å². The lowest BCUT2D eigenvalue weighted by Gasteiger charge is -2.22. The van der Waals surface area contributed by atoms with Gasteiger partial charge in [0.15, 0.2) is 5.96 Å². The van der Waals surface area contributed by atoms with Gasteiger partial charge in [-0.2, -0.15) is 0 Å². The van der Waals surface area contributed by atoms with Gasteiger partial charge in [0.1, 0.15) is 0 Å². The van der Waals surface area contributed by atoms with E-state index < -0.39 is 0 Å². The van der Waals surface area contributed by atoms with Crippen LogP contribution >= 0.6 is 0 Å². The predicted molar refractivity (Wildman–Crippen MR) is 72.7 cm³/mol. The Morgan fingerprint density at radius 1 is 1.31 bits per heavy atom. The first-order chi connectivity index (χ1) is 7.37. The zero-order chi connectivity index (χ0) is 12.6. The van der Waals surface area contributed by atoms with Crippen LogP contribution in [0.3, 0.4) is 0 Å². The third-order valence-corrected chi connectivity index (χ3v) is 2.57. The van der Waals surface area contributed by atoms with Crippen LogP contribution in [0.4, 0.5) is 0 Å². The summed E-state index contributed by atoms with van der Waals surface area (Å²) in [5.41, 5.74) is 6.04. The first-order valence-corrected chi connectivity index (χ1v) is 6.44. The average Bonchev–Trinajstić information content (AvgIpc) is 2.14. The van der Waals surface area contributed by atoms with Crippen molar-refractivity contribution in [3.05, 3.63) is 0 Å². The Bertz CT molecular complexity index is 207. The number of hydrogen-bond donors (Lipinski definition) is 2. The third kappa shape index (κ3) is 8.57. The number of aliphatic imine (C=N–C) groups is 1. The molecule has 0 radical (unpaired) electrons. The predicted octanol–water partition coefficient (Wildman–Crippen LogP) is 2.91. The maximum Gasteiger partial charge on any atom is 0.188 e. The summed E-state index contributed by atoms with van der Waals surface area (Å²) in [5, 5.41) is 3.11. The molecule has 0 aromatic carbocycles. The average molecular weight is 227 g/mol. The van der Waals surface area contributed by atoms with Gasteiger partial charge in [-0.05, 0) is 25.7 Å². The van der Waals surface area contributed by atoms with Crippen LogP contribution in [0.15, 0.2) is 4.99 Å². The number of guanidine groups is 1. The fourth-order valence-corrected chi connectivity index (χ4v) is 1.57. The number of hydrogen-bond acceptors (Lipinski definition) is 1. The molecule has 0 heterocycles. The van der Waals surface area contributed by atoms with Crippen molar-refractivity contribution in [2.75, 3.05) is 6.54 Å². The summed E-state index contributed by atoms with van der Waals surface area (Å²) in [7, 11) is 0. The second-order valence-electron chi connectivity index (χ2n) is 5.62. The van der Waals surface area contributed by atoms with Crippen molar-refractivity contribution >= 4 is 5.96 Å². The van der Waals surface area contributed by atoms with Crippen LogP contribution in [-0.2, 0) is 0 Å². The molecule has 3 heteroatoms. The zero-order valence-corrected chi connectivity index (χ0v) is 11.6. The van der Waals surface area contributed by atoms with E-state index in [1.165, 1.54) is 25.7 Å². The molecule has 16 heavy (non-hydrogen) atoms. The normalized spacial score (nSPS) is 13.2. The van der Waals surface area contributed by atoms with Gasteiger partial charge >= 0.3 is 0 Å². The molecule has 0 aliphatic carbocycles. The van der Waals surface area contributed by atoms with Gasteiger partial charge < -0.3 is 11.1 Å². The van der Waals surface area contributed by atoms with Crippen LogP contribution in [0.1, 0.15) is 60.3 Å². The highest BCUT2D eigenvalue weighted by Gasteiger charge is 2.16. The molecule has 0 aliphatic heterocycles. The lowest BCUT2D eigenvalue weighted by atomic mass is 9.87. The van der Waals surface area contributed by atoms with E-state index in [2.05, 4.69) is 44.9 Å². The molecule has 0 aromatic rings. The summed E-state index contributed by atoms with van der Waals surface area (Å²) >= 11 is 0. The largest absolute Gasteiger partial charge is 0.370 e. The van der Waals surface area contributed by atoms with Crippen molar-refractivity contribution in [1.29, 1.82) is 0 Å². The van der Waals surface area contributed by atoms with Crippen molar-refractivity contribution in [1.82, 2.24) is 5.32 Å². The van der Waals surface area contributed by atoms with Crippen molar-refractivity contribution in [2.24, 2.45) is 16.1 Å². The van der Waals surface area contributed by atoms with Gasteiger partial charge in [-0.3, -0.25) is 4.99 Å². The molecule has 96 valence electrons. The maximum absolute atomic E-state index is 5.78. The minimum atomic E-state index is 0.262. The molecule has 0 rings (SSSR count). The number of nitrogens with one attached hydrogen (secondary N) is 1. The highest BCUT2D eigenvalue weighted by molar-refractivity contribution is 5.78. The van der Waals surface area contributed by atoms with Gasteiger partial charge in [0.2, 0.25) is 0 Å². The van der Waals surface area contributed by atoms with E-state index in [9.17, 15) is 0 Å². The van der Waals surface area contributed by atoms with Gasteiger partial charge in [0, 0.05) is 12.6 Å². The lowest BCUT2D eigenvalue weighted by molar-refractivity contribution is 0.333. The Morgan fingerprint density at radius 2 is 1.94 bits per heavy atom. The van der Waals surface area contributed by atoms with Crippen molar-refractivity contribution in [2.45, 2.75) is 66.3 Å². The minimum Gasteiger partial charge on any atom is -0.370 e. The zero-order valence-electron chi connectivity index (χ0n) is 11.6. The van der Waals surface area contributed by atoms with Gasteiger partial charge in [-0.1, -0.05) is 40.0 Å². The van der Waals surface area contributed by atoms with Gasteiger partial charge in [0.25, 0.3) is 0 Å². The summed E-state index contributed by atoms with van der Waals surface area (Å²) in [6, 6.07) is 0.354. The van der Waals surface area contributed by atoms with Crippen molar-refractivity contribution in [3.8, 4) is 0 Å². The van der Waals surface area contributed by atoms with E-state index in [1.807, 2.05) is 0 Å². The second kappa shape index (κ2) is 7.53. The molecule has 0 aliphatic rings. The Balaban J connectivity index is 3.95. The topological polar surface area (TPSA) is 50.4 Å². The Labute approximate surface area is 101 Å². The first-order valence-electron chi connectivity index (χ1n) is 6.44. The molecule has 0 saturated heterocycles. The molecule has 0 aromatic heterocycles. The van der Waals surface area contributed by atoms with E-state index in [0.29, 0.717) is 12.0 Å². The molecule has 0 fully saturated rings. The summed E-state index contributed by atoms with van der Waals surface area (Å²) in [4.78, 5) is 4.40. The van der Waals surface area contributed by atoms with E-state index >= 15 is 0 Å². The Kier molecular flexibility index (Phi) is 7.18. The fraction of sp³-hybridized carbons (Fsp3) is 0.923. The van der Waals surface area contributed by atoms with Crippen LogP contribution in [0.5, 0.6) is 0 Å². The fourth-order valence-electron chi connectivity index (χ4n) is 1.57. The van der Waals surface area contributed by atoms with Gasteiger partial charge in [-0.15, -0.1) is 0 Å². The van der Waals surface area contributed by atoms with Crippen LogP contribution in [0.25, 0.3) is 0 Å². The Hall–Kier alpha value is -0.730. The summed E-state index contributed by atoms with van der Waals surface area (Å²) in [5.74, 6) is 0.568. The monoisotopic (exact) mass is 227 g/mol. The molecule has 0 bridgehead atoms. The molecular weight excluding hydrogens is 198 g/mol. The quantitative estimate of drug-likeness (QED) is 0.399. The van der Waals surface area contributed by atoms with Crippen LogP contribution in [0.2, 0.25) is 0 Å². The summed E-state index contributed by atoms with van der Waals surface area (Å²) in [6.07, 6.45) is 5.10. The molecule has 0 unspecified atom stereocenters. The summed E-state index contributed by atoms with van der Waals surface area (Å²) in [6.45, 7) is 11.7. The molecular formula is C13H29N3. The minimum absolute atomic E-state index is 0.262. The van der Waals surface area contributed by atoms with E-state index in [0.717, 1.165) is 6.54 Å². The van der Waals surface area contributed by atoms with E-state index in [1.54, 1.807) is 0 Å². The standard InChI is InChI=1S/C13H29N3/c1-6-7-8-9-13(4,5)10-15-12(14)16-11(2)3/h11H,6-10H2,1-5H3,(H3,14,15,16). The highest BCUT2D eigenvalue weighted by Crippen LogP contribution is 2.23. The second-order valence-corrected chi connectivity index (χ2v) is 5.62. The molecule has 0 atom stereocenters. The van der Waals surface area contributed by atoms with Gasteiger partial charge in [0.05, 0.1) is 0 Å². The highest BCUT2D eigenvalue weighted by atomic mass is 15.1. The SMILES string of the molecule is CCCCCC(C)(C)CN=C(N)NC(C)C. The van der Waals surface area contributed by atoms with Crippen molar-refractivity contribution < 1.29 is 0 Å². The summed E-state index contributed by atoms with van der Waals surface area (Å²) < 4.78 is 0. The number of unbranched alkanes of at least 4 members (excludes halogenated alkanes) is 2. The van der Waals surface area contributed by atoms with E-state index in [-0.39, 0.29) is 5.41 Å². The molecule has 0 amide bonds. The smallest absolute Gasteiger partial charge is 0.188 e. The molecule has 0 saturated carbocycles. The maximum atomic E-state index is 5.78. The number of nitrogens with zero attached hydrogens (tertiary/aromatic N) is 1. The van der Waals surface area contributed by atoms with Crippen molar-refractivity contribution in [3.63, 3.8) is 0 Å². The lowest BCUT2D eigenvalue weighted by Crippen LogP contribution is -2.37. The van der Waals surface area contributed by atoms with Crippen LogP contribution < -0.4 is 11.1 Å². The molecule has 3 nitrogen and oxygen atoms in total. The number of rotatable bonds is 7.